The third-order valence-corrected chi connectivity index (χ3v) is 6.63. The van der Waals surface area contributed by atoms with Crippen LogP contribution in [-0.2, 0) is 10.5 Å². The van der Waals surface area contributed by atoms with Crippen molar-refractivity contribution < 1.29 is 24.1 Å². The molecule has 0 amide bonds. The summed E-state index contributed by atoms with van der Waals surface area (Å²) in [5.74, 6) is 0.427. The third kappa shape index (κ3) is 5.55. The van der Waals surface area contributed by atoms with Gasteiger partial charge in [0, 0.05) is 22.0 Å². The zero-order valence-electron chi connectivity index (χ0n) is 19.6. The molecule has 11 heteroatoms. The Morgan fingerprint density at radius 1 is 1.11 bits per heavy atom. The minimum atomic E-state index is -1.11. The maximum atomic E-state index is 11.2. The molecule has 188 valence electrons. The van der Waals surface area contributed by atoms with E-state index >= 15 is 0 Å². The summed E-state index contributed by atoms with van der Waals surface area (Å²) in [4.78, 5) is 15.9. The van der Waals surface area contributed by atoms with Crippen LogP contribution in [0.3, 0.4) is 0 Å². The molecule has 0 bridgehead atoms. The van der Waals surface area contributed by atoms with E-state index in [9.17, 15) is 9.90 Å². The number of carbonyl (C=O) groups is 1. The monoisotopic (exact) mass is 536 g/mol. The van der Waals surface area contributed by atoms with E-state index in [4.69, 9.17) is 25.8 Å². The van der Waals surface area contributed by atoms with Gasteiger partial charge in [-0.3, -0.25) is 0 Å². The molecule has 1 unspecified atom stereocenters. The first kappa shape index (κ1) is 24.7. The van der Waals surface area contributed by atoms with Crippen molar-refractivity contribution in [1.82, 2.24) is 15.2 Å². The Morgan fingerprint density at radius 2 is 1.92 bits per heavy atom. The molecule has 4 aromatic rings. The van der Waals surface area contributed by atoms with Crippen molar-refractivity contribution in [2.75, 3.05) is 19.0 Å². The van der Waals surface area contributed by atoms with Crippen LogP contribution in [0, 0.1) is 0 Å². The third-order valence-electron chi connectivity index (χ3n) is 5.47. The first-order chi connectivity index (χ1) is 18.0. The number of methoxy groups -OCH3 is 1. The van der Waals surface area contributed by atoms with Crippen LogP contribution >= 0.6 is 23.4 Å². The quantitative estimate of drug-likeness (QED) is 0.281. The number of nitrogens with zero attached hydrogens (tertiary/aromatic N) is 3. The molecule has 1 aliphatic rings. The lowest BCUT2D eigenvalue weighted by Crippen LogP contribution is -2.20. The van der Waals surface area contributed by atoms with Gasteiger partial charge in [-0.2, -0.15) is 4.98 Å². The number of benzene rings is 3. The van der Waals surface area contributed by atoms with Crippen molar-refractivity contribution in [2.45, 2.75) is 17.1 Å². The smallest absolute Gasteiger partial charge is 0.341 e. The van der Waals surface area contributed by atoms with Gasteiger partial charge in [0.2, 0.25) is 17.3 Å². The van der Waals surface area contributed by atoms with Crippen molar-refractivity contribution in [2.24, 2.45) is 0 Å². The molecule has 5 rings (SSSR count). The molecule has 0 saturated heterocycles. The fraction of sp³-hybridized carbons (Fsp3) is 0.154. The van der Waals surface area contributed by atoms with E-state index in [0.29, 0.717) is 32.9 Å². The van der Waals surface area contributed by atoms with Gasteiger partial charge >= 0.3 is 5.97 Å². The maximum Gasteiger partial charge on any atom is 0.341 e. The SMILES string of the molecule is COc1cccc(C2Nc3ccccc3-c3nnc(SCc4ccc(Cl)cc4)nc3O2)c1OCC(=O)O. The summed E-state index contributed by atoms with van der Waals surface area (Å²) < 4.78 is 17.4. The van der Waals surface area contributed by atoms with Crippen LogP contribution in [0.1, 0.15) is 17.4 Å². The fourth-order valence-corrected chi connectivity index (χ4v) is 4.63. The van der Waals surface area contributed by atoms with E-state index in [1.807, 2.05) is 48.5 Å². The van der Waals surface area contributed by atoms with Gasteiger partial charge in [-0.05, 0) is 35.9 Å². The van der Waals surface area contributed by atoms with Gasteiger partial charge in [0.15, 0.2) is 23.8 Å². The number of aromatic nitrogens is 3. The molecule has 2 heterocycles. The van der Waals surface area contributed by atoms with Crippen molar-refractivity contribution in [3.05, 3.63) is 82.9 Å². The minimum Gasteiger partial charge on any atom is -0.493 e. The highest BCUT2D eigenvalue weighted by Gasteiger charge is 2.29. The van der Waals surface area contributed by atoms with Gasteiger partial charge < -0.3 is 24.6 Å². The zero-order valence-corrected chi connectivity index (χ0v) is 21.1. The number of carboxylic acids is 1. The number of hydrogen-bond acceptors (Lipinski definition) is 9. The average molecular weight is 537 g/mol. The van der Waals surface area contributed by atoms with E-state index < -0.39 is 18.8 Å². The van der Waals surface area contributed by atoms with E-state index in [1.54, 1.807) is 18.2 Å². The van der Waals surface area contributed by atoms with Gasteiger partial charge in [0.25, 0.3) is 0 Å². The van der Waals surface area contributed by atoms with E-state index in [-0.39, 0.29) is 11.6 Å². The average Bonchev–Trinajstić information content (AvgIpc) is 3.07. The van der Waals surface area contributed by atoms with Gasteiger partial charge in [0.05, 0.1) is 12.7 Å². The Balaban J connectivity index is 1.51. The number of fused-ring (bicyclic) bond motifs is 3. The number of halogens is 1. The second kappa shape index (κ2) is 10.9. The Kier molecular flexibility index (Phi) is 7.29. The van der Waals surface area contributed by atoms with Crippen LogP contribution in [0.5, 0.6) is 17.4 Å². The highest BCUT2D eigenvalue weighted by Crippen LogP contribution is 2.43. The van der Waals surface area contributed by atoms with Gasteiger partial charge in [-0.25, -0.2) is 4.79 Å². The summed E-state index contributed by atoms with van der Waals surface area (Å²) in [6.07, 6.45) is -0.785. The molecule has 0 spiro atoms. The molecule has 1 aliphatic heterocycles. The maximum absolute atomic E-state index is 11.2. The van der Waals surface area contributed by atoms with Crippen molar-refractivity contribution in [3.63, 3.8) is 0 Å². The number of para-hydroxylation sites is 2. The normalized spacial score (nSPS) is 13.8. The highest BCUT2D eigenvalue weighted by molar-refractivity contribution is 7.98. The second-order valence-electron chi connectivity index (χ2n) is 7.91. The predicted molar refractivity (Wildman–Crippen MR) is 139 cm³/mol. The summed E-state index contributed by atoms with van der Waals surface area (Å²) in [6.45, 7) is -0.539. The predicted octanol–water partition coefficient (Wildman–Crippen LogP) is 5.46. The number of nitrogens with one attached hydrogen (secondary N) is 1. The standard InChI is InChI=1S/C26H21ClN4O5S/c1-34-20-8-4-6-18(23(20)35-13-21(32)33)24-28-19-7-3-2-5-17(19)22-25(36-24)29-26(31-30-22)37-14-15-9-11-16(27)12-10-15/h2-12,24,28H,13-14H2,1H3,(H,32,33). The topological polar surface area (TPSA) is 116 Å². The number of thioether (sulfide) groups is 1. The summed E-state index contributed by atoms with van der Waals surface area (Å²) in [5.41, 5.74) is 3.60. The summed E-state index contributed by atoms with van der Waals surface area (Å²) in [5, 5.41) is 22.4. The molecule has 2 N–H and O–H groups in total. The van der Waals surface area contributed by atoms with E-state index in [0.717, 1.165) is 16.8 Å². The number of anilines is 1. The number of hydrogen-bond donors (Lipinski definition) is 2. The van der Waals surface area contributed by atoms with E-state index in [1.165, 1.54) is 18.9 Å². The lowest BCUT2D eigenvalue weighted by molar-refractivity contribution is -0.139. The lowest BCUT2D eigenvalue weighted by Gasteiger charge is -2.22. The zero-order chi connectivity index (χ0) is 25.8. The van der Waals surface area contributed by atoms with Crippen LogP contribution in [0.25, 0.3) is 11.3 Å². The number of ether oxygens (including phenoxy) is 3. The first-order valence-electron chi connectivity index (χ1n) is 11.2. The lowest BCUT2D eigenvalue weighted by atomic mass is 10.1. The molecule has 0 fully saturated rings. The van der Waals surface area contributed by atoms with Crippen molar-refractivity contribution in [1.29, 1.82) is 0 Å². The minimum absolute atomic E-state index is 0.255. The van der Waals surface area contributed by atoms with Crippen LogP contribution in [0.15, 0.2) is 71.9 Å². The molecule has 1 atom stereocenters. The fourth-order valence-electron chi connectivity index (χ4n) is 3.77. The van der Waals surface area contributed by atoms with Crippen LogP contribution < -0.4 is 19.5 Å². The molecule has 0 aliphatic carbocycles. The largest absolute Gasteiger partial charge is 0.493 e. The Hall–Kier alpha value is -4.02. The van der Waals surface area contributed by atoms with Crippen LogP contribution in [0.4, 0.5) is 5.69 Å². The Morgan fingerprint density at radius 3 is 2.70 bits per heavy atom. The first-order valence-corrected chi connectivity index (χ1v) is 12.5. The van der Waals surface area contributed by atoms with Crippen LogP contribution in [0.2, 0.25) is 5.02 Å². The van der Waals surface area contributed by atoms with Crippen molar-refractivity contribution in [3.8, 4) is 28.6 Å². The van der Waals surface area contributed by atoms with Gasteiger partial charge in [-0.1, -0.05) is 59.8 Å². The van der Waals surface area contributed by atoms with Gasteiger partial charge in [0.1, 0.15) is 0 Å². The molecule has 0 radical (unpaired) electrons. The highest BCUT2D eigenvalue weighted by atomic mass is 35.5. The van der Waals surface area contributed by atoms with E-state index in [2.05, 4.69) is 20.5 Å². The van der Waals surface area contributed by atoms with Crippen molar-refractivity contribution >= 4 is 35.0 Å². The molecule has 37 heavy (non-hydrogen) atoms. The molecule has 9 nitrogen and oxygen atoms in total. The molecule has 3 aromatic carbocycles. The summed E-state index contributed by atoms with van der Waals surface area (Å²) in [6, 6.07) is 20.4. The Labute approximate surface area is 221 Å². The molecular formula is C26H21ClN4O5S. The number of rotatable bonds is 8. The number of carboxylic acid groups (broad SMARTS) is 1. The summed E-state index contributed by atoms with van der Waals surface area (Å²) >= 11 is 7.40. The van der Waals surface area contributed by atoms with Crippen LogP contribution in [-0.4, -0.2) is 40.0 Å². The number of aliphatic carboxylic acids is 1. The molecule has 0 saturated carbocycles. The molecule has 1 aromatic heterocycles. The summed E-state index contributed by atoms with van der Waals surface area (Å²) in [7, 11) is 1.49. The second-order valence-corrected chi connectivity index (χ2v) is 9.29. The Bertz CT molecular complexity index is 1440. The molecular weight excluding hydrogens is 516 g/mol. The van der Waals surface area contributed by atoms with Gasteiger partial charge in [-0.15, -0.1) is 10.2 Å².